The van der Waals surface area contributed by atoms with Gasteiger partial charge in [0.25, 0.3) is 0 Å². The molecule has 0 unspecified atom stereocenters. The number of fused-ring (bicyclic) bond motifs is 1. The topological polar surface area (TPSA) is 51.4 Å². The molecule has 0 aliphatic carbocycles. The zero-order valence-corrected chi connectivity index (χ0v) is 10.1. The Hall–Kier alpha value is -1.57. The van der Waals surface area contributed by atoms with Crippen LogP contribution in [0.25, 0.3) is 5.65 Å². The summed E-state index contributed by atoms with van der Waals surface area (Å²) in [4.78, 5) is 3.69. The molecule has 0 atom stereocenters. The number of rotatable bonds is 2. The van der Waals surface area contributed by atoms with Crippen LogP contribution in [-0.2, 0) is 16.0 Å². The van der Waals surface area contributed by atoms with Crippen LogP contribution < -0.4 is 0 Å². The van der Waals surface area contributed by atoms with Gasteiger partial charge in [0.2, 0.25) is 0 Å². The first-order chi connectivity index (χ1) is 8.25. The Kier molecular flexibility index (Phi) is 2.84. The minimum absolute atomic E-state index is 0.0446. The van der Waals surface area contributed by atoms with E-state index in [1.165, 1.54) is 6.92 Å². The van der Waals surface area contributed by atoms with Gasteiger partial charge in [0.1, 0.15) is 5.65 Å². The maximum Gasteiger partial charge on any atom is 0.416 e. The van der Waals surface area contributed by atoms with Gasteiger partial charge in [0.15, 0.2) is 14.9 Å². The van der Waals surface area contributed by atoms with Crippen molar-refractivity contribution in [2.45, 2.75) is 18.1 Å². The van der Waals surface area contributed by atoms with Crippen molar-refractivity contribution < 1.29 is 21.6 Å². The van der Waals surface area contributed by atoms with Crippen molar-refractivity contribution in [3.05, 3.63) is 30.1 Å². The van der Waals surface area contributed by atoms with E-state index in [9.17, 15) is 21.6 Å². The third-order valence-corrected chi connectivity index (χ3v) is 4.20. The number of pyridine rings is 1. The molecule has 8 heteroatoms. The number of imidazole rings is 1. The highest BCUT2D eigenvalue weighted by molar-refractivity contribution is 7.91. The molecule has 0 bridgehead atoms. The lowest BCUT2D eigenvalue weighted by Crippen LogP contribution is -2.09. The molecule has 2 aromatic rings. The first kappa shape index (κ1) is 12.9. The van der Waals surface area contributed by atoms with E-state index in [1.807, 2.05) is 0 Å². The first-order valence-electron chi connectivity index (χ1n) is 5.03. The van der Waals surface area contributed by atoms with Crippen LogP contribution in [0.3, 0.4) is 0 Å². The smallest absolute Gasteiger partial charge is 0.291 e. The summed E-state index contributed by atoms with van der Waals surface area (Å²) < 4.78 is 61.9. The highest BCUT2D eigenvalue weighted by Crippen LogP contribution is 2.30. The Bertz CT molecular complexity index is 689. The van der Waals surface area contributed by atoms with Crippen LogP contribution in [0.15, 0.2) is 29.6 Å². The second-order valence-corrected chi connectivity index (χ2v) is 5.87. The van der Waals surface area contributed by atoms with Crippen LogP contribution in [0, 0.1) is 0 Å². The standard InChI is InChI=1S/C10H9F3N2O2S/c1-2-18(16,17)9-6-14-8-5-7(10(11,12)13)3-4-15(8)9/h3-6H,2H2,1H3. The lowest BCUT2D eigenvalue weighted by atomic mass is 10.2. The summed E-state index contributed by atoms with van der Waals surface area (Å²) in [7, 11) is -3.51. The Balaban J connectivity index is 2.65. The lowest BCUT2D eigenvalue weighted by Gasteiger charge is -2.07. The summed E-state index contributed by atoms with van der Waals surface area (Å²) in [5.41, 5.74) is -0.905. The molecule has 2 aromatic heterocycles. The minimum atomic E-state index is -4.47. The molecule has 0 amide bonds. The summed E-state index contributed by atoms with van der Waals surface area (Å²) in [5, 5.41) is -0.103. The van der Waals surface area contributed by atoms with Crippen molar-refractivity contribution in [1.82, 2.24) is 9.38 Å². The van der Waals surface area contributed by atoms with Gasteiger partial charge in [0, 0.05) is 6.20 Å². The van der Waals surface area contributed by atoms with Crippen molar-refractivity contribution >= 4 is 15.5 Å². The maximum absolute atomic E-state index is 12.5. The van der Waals surface area contributed by atoms with Crippen molar-refractivity contribution in [3.63, 3.8) is 0 Å². The largest absolute Gasteiger partial charge is 0.416 e. The van der Waals surface area contributed by atoms with Crippen molar-refractivity contribution in [3.8, 4) is 0 Å². The van der Waals surface area contributed by atoms with E-state index in [1.54, 1.807) is 0 Å². The number of hydrogen-bond donors (Lipinski definition) is 0. The van der Waals surface area contributed by atoms with Crippen LogP contribution in [0.2, 0.25) is 0 Å². The van der Waals surface area contributed by atoms with Crippen molar-refractivity contribution in [2.75, 3.05) is 5.75 Å². The number of nitrogens with zero attached hydrogens (tertiary/aromatic N) is 2. The molecule has 0 saturated heterocycles. The SMILES string of the molecule is CCS(=O)(=O)c1cnc2cc(C(F)(F)F)ccn12. The average Bonchev–Trinajstić information content (AvgIpc) is 2.71. The zero-order valence-electron chi connectivity index (χ0n) is 9.27. The van der Waals surface area contributed by atoms with Crippen LogP contribution in [0.4, 0.5) is 13.2 Å². The van der Waals surface area contributed by atoms with Gasteiger partial charge in [-0.1, -0.05) is 6.92 Å². The number of alkyl halides is 3. The van der Waals surface area contributed by atoms with Crippen molar-refractivity contribution in [2.24, 2.45) is 0 Å². The van der Waals surface area contributed by atoms with Gasteiger partial charge in [-0.05, 0) is 12.1 Å². The molecule has 0 spiro atoms. The first-order valence-corrected chi connectivity index (χ1v) is 6.68. The van der Waals surface area contributed by atoms with Crippen LogP contribution in [-0.4, -0.2) is 23.6 Å². The Morgan fingerprint density at radius 3 is 2.61 bits per heavy atom. The molecule has 0 fully saturated rings. The van der Waals surface area contributed by atoms with Gasteiger partial charge < -0.3 is 0 Å². The predicted molar refractivity (Wildman–Crippen MR) is 57.9 cm³/mol. The quantitative estimate of drug-likeness (QED) is 0.845. The molecular weight excluding hydrogens is 269 g/mol. The highest BCUT2D eigenvalue weighted by atomic mass is 32.2. The molecule has 0 aromatic carbocycles. The number of hydrogen-bond acceptors (Lipinski definition) is 3. The second kappa shape index (κ2) is 3.98. The van der Waals surface area contributed by atoms with Gasteiger partial charge in [-0.3, -0.25) is 4.40 Å². The Labute approximate surface area is 101 Å². The summed E-state index contributed by atoms with van der Waals surface area (Å²) >= 11 is 0. The zero-order chi connectivity index (χ0) is 13.6. The molecule has 0 N–H and O–H groups in total. The molecule has 0 aliphatic heterocycles. The van der Waals surface area contributed by atoms with Crippen molar-refractivity contribution in [1.29, 1.82) is 0 Å². The predicted octanol–water partition coefficient (Wildman–Crippen LogP) is 2.15. The molecule has 0 radical (unpaired) electrons. The fraction of sp³-hybridized carbons (Fsp3) is 0.300. The number of halogens is 3. The minimum Gasteiger partial charge on any atom is -0.291 e. The van der Waals surface area contributed by atoms with Gasteiger partial charge in [0.05, 0.1) is 17.5 Å². The normalized spacial score (nSPS) is 13.1. The van der Waals surface area contributed by atoms with Crippen LogP contribution >= 0.6 is 0 Å². The summed E-state index contributed by atoms with van der Waals surface area (Å²) in [6.45, 7) is 1.46. The summed E-state index contributed by atoms with van der Waals surface area (Å²) in [5.74, 6) is -0.137. The average molecular weight is 278 g/mol. The highest BCUT2D eigenvalue weighted by Gasteiger charge is 2.31. The third kappa shape index (κ3) is 2.07. The van der Waals surface area contributed by atoms with E-state index in [0.29, 0.717) is 0 Å². The van der Waals surface area contributed by atoms with E-state index in [4.69, 9.17) is 0 Å². The number of aromatic nitrogens is 2. The van der Waals surface area contributed by atoms with Crippen LogP contribution in [0.1, 0.15) is 12.5 Å². The molecule has 0 aliphatic rings. The molecule has 98 valence electrons. The fourth-order valence-corrected chi connectivity index (χ4v) is 2.47. The van der Waals surface area contributed by atoms with E-state index < -0.39 is 21.6 Å². The molecular formula is C10H9F3N2O2S. The van der Waals surface area contributed by atoms with Crippen LogP contribution in [0.5, 0.6) is 0 Å². The maximum atomic E-state index is 12.5. The molecule has 2 heterocycles. The van der Waals surface area contributed by atoms with E-state index >= 15 is 0 Å². The van der Waals surface area contributed by atoms with E-state index in [0.717, 1.165) is 28.9 Å². The van der Waals surface area contributed by atoms with Gasteiger partial charge in [-0.2, -0.15) is 13.2 Å². The van der Waals surface area contributed by atoms with Gasteiger partial charge in [-0.25, -0.2) is 13.4 Å². The molecule has 2 rings (SSSR count). The number of sulfone groups is 1. The second-order valence-electron chi connectivity index (χ2n) is 3.64. The Morgan fingerprint density at radius 1 is 1.39 bits per heavy atom. The third-order valence-electron chi connectivity index (χ3n) is 2.51. The Morgan fingerprint density at radius 2 is 2.06 bits per heavy atom. The summed E-state index contributed by atoms with van der Waals surface area (Å²) in [6, 6.07) is 1.64. The summed E-state index contributed by atoms with van der Waals surface area (Å²) in [6.07, 6.45) is -2.35. The van der Waals surface area contributed by atoms with Gasteiger partial charge in [-0.15, -0.1) is 0 Å². The molecule has 18 heavy (non-hydrogen) atoms. The molecule has 0 saturated carbocycles. The van der Waals surface area contributed by atoms with E-state index in [-0.39, 0.29) is 16.4 Å². The monoisotopic (exact) mass is 278 g/mol. The van der Waals surface area contributed by atoms with Gasteiger partial charge >= 0.3 is 6.18 Å². The fourth-order valence-electron chi connectivity index (χ4n) is 1.51. The molecule has 4 nitrogen and oxygen atoms in total. The lowest BCUT2D eigenvalue weighted by molar-refractivity contribution is -0.137. The van der Waals surface area contributed by atoms with E-state index in [2.05, 4.69) is 4.98 Å².